The molecule has 2 aliphatic heterocycles. The summed E-state index contributed by atoms with van der Waals surface area (Å²) in [5.41, 5.74) is 5.72. The lowest BCUT2D eigenvalue weighted by atomic mass is 9.66. The van der Waals surface area contributed by atoms with Crippen molar-refractivity contribution in [2.24, 2.45) is 0 Å². The van der Waals surface area contributed by atoms with E-state index < -0.39 is 0 Å². The van der Waals surface area contributed by atoms with Gasteiger partial charge in [-0.25, -0.2) is 4.39 Å². The van der Waals surface area contributed by atoms with E-state index in [9.17, 15) is 9.50 Å². The maximum Gasteiger partial charge on any atom is 0.123 e. The first-order chi connectivity index (χ1) is 26.8. The highest BCUT2D eigenvalue weighted by Crippen LogP contribution is 2.47. The van der Waals surface area contributed by atoms with E-state index in [1.165, 1.54) is 22.4 Å². The highest BCUT2D eigenvalue weighted by atomic mass is 19.1. The van der Waals surface area contributed by atoms with Crippen LogP contribution in [0.2, 0.25) is 0 Å². The zero-order valence-corrected chi connectivity index (χ0v) is 34.9. The van der Waals surface area contributed by atoms with E-state index in [1.807, 2.05) is 30.3 Å². The Hall–Kier alpha value is -3.95. The Morgan fingerprint density at radius 2 is 1.38 bits per heavy atom. The Bertz CT molecular complexity index is 1800. The van der Waals surface area contributed by atoms with Crippen LogP contribution in [0.1, 0.15) is 94.9 Å². The molecule has 0 bridgehead atoms. The van der Waals surface area contributed by atoms with Crippen LogP contribution in [0.3, 0.4) is 0 Å². The van der Waals surface area contributed by atoms with Crippen molar-refractivity contribution in [2.45, 2.75) is 108 Å². The molecule has 3 atom stereocenters. The number of ether oxygens (including phenoxy) is 3. The van der Waals surface area contributed by atoms with Crippen molar-refractivity contribution >= 4 is 5.69 Å². The highest BCUT2D eigenvalue weighted by molar-refractivity contribution is 5.46. The maximum atomic E-state index is 13.5. The van der Waals surface area contributed by atoms with Gasteiger partial charge in [0.25, 0.3) is 0 Å². The van der Waals surface area contributed by atoms with Gasteiger partial charge in [0.1, 0.15) is 17.3 Å². The van der Waals surface area contributed by atoms with Gasteiger partial charge in [0.05, 0.1) is 18.3 Å². The quantitative estimate of drug-likeness (QED) is 0.104. The summed E-state index contributed by atoms with van der Waals surface area (Å²) in [6.45, 7) is 13.6. The van der Waals surface area contributed by atoms with Crippen LogP contribution in [0.15, 0.2) is 97.1 Å². The standard InChI is InChI=1S/C25H36N2O2.C23H30FNO2/c1-24(2)19-25(15-17-29-24,22-8-6-7-9-23(22)28-5)14-16-26-18-20-10-12-21(13-11-20)27(3)4;1-3-22(2)17-23(13-15-27-22,19-8-10-20(24)11-9-19)12-14-25-16-18-6-4-5-7-21(18)26/h6-13,26H,14-19H2,1-5H3;4-11,25-26H,3,12-17H2,1-2H3. The van der Waals surface area contributed by atoms with Crippen LogP contribution < -0.4 is 20.3 Å². The van der Waals surface area contributed by atoms with Crippen LogP contribution in [0.4, 0.5) is 10.1 Å². The van der Waals surface area contributed by atoms with Crippen molar-refractivity contribution in [3.63, 3.8) is 0 Å². The third-order valence-electron chi connectivity index (χ3n) is 12.1. The smallest absolute Gasteiger partial charge is 0.123 e. The molecule has 304 valence electrons. The first-order valence-corrected chi connectivity index (χ1v) is 20.4. The van der Waals surface area contributed by atoms with Crippen LogP contribution in [-0.2, 0) is 33.4 Å². The molecule has 0 radical (unpaired) electrons. The lowest BCUT2D eigenvalue weighted by molar-refractivity contribution is -0.0979. The molecule has 2 aliphatic rings. The van der Waals surface area contributed by atoms with E-state index in [-0.39, 0.29) is 27.8 Å². The molecule has 3 unspecified atom stereocenters. The largest absolute Gasteiger partial charge is 0.508 e. The zero-order valence-electron chi connectivity index (χ0n) is 34.9. The van der Waals surface area contributed by atoms with Crippen LogP contribution >= 0.6 is 0 Å². The molecule has 0 aliphatic carbocycles. The van der Waals surface area contributed by atoms with Gasteiger partial charge >= 0.3 is 0 Å². The number of nitrogens with zero attached hydrogens (tertiary/aromatic N) is 1. The van der Waals surface area contributed by atoms with E-state index in [1.54, 1.807) is 25.3 Å². The minimum absolute atomic E-state index is 0.0254. The van der Waals surface area contributed by atoms with Crippen molar-refractivity contribution in [3.05, 3.63) is 125 Å². The van der Waals surface area contributed by atoms with Crippen molar-refractivity contribution in [3.8, 4) is 11.5 Å². The third-order valence-corrected chi connectivity index (χ3v) is 12.1. The average molecular weight is 768 g/mol. The number of anilines is 1. The summed E-state index contributed by atoms with van der Waals surface area (Å²) in [7, 11) is 5.91. The molecular weight excluding hydrogens is 702 g/mol. The summed E-state index contributed by atoms with van der Waals surface area (Å²) in [6.07, 6.45) is 6.87. The Kier molecular flexibility index (Phi) is 15.0. The summed E-state index contributed by atoms with van der Waals surface area (Å²) >= 11 is 0. The van der Waals surface area contributed by atoms with Gasteiger partial charge in [0.2, 0.25) is 0 Å². The molecular formula is C48H66FN3O4. The first kappa shape index (κ1) is 43.2. The predicted octanol–water partition coefficient (Wildman–Crippen LogP) is 9.70. The van der Waals surface area contributed by atoms with Gasteiger partial charge in [-0.15, -0.1) is 0 Å². The minimum Gasteiger partial charge on any atom is -0.508 e. The van der Waals surface area contributed by atoms with Crippen molar-refractivity contribution in [1.82, 2.24) is 10.6 Å². The third kappa shape index (κ3) is 11.3. The van der Waals surface area contributed by atoms with Crippen LogP contribution in [0.5, 0.6) is 11.5 Å². The Morgan fingerprint density at radius 1 is 0.750 bits per heavy atom. The number of hydrogen-bond acceptors (Lipinski definition) is 7. The second-order valence-corrected chi connectivity index (χ2v) is 16.9. The van der Waals surface area contributed by atoms with E-state index >= 15 is 0 Å². The van der Waals surface area contributed by atoms with Crippen molar-refractivity contribution < 1.29 is 23.7 Å². The summed E-state index contributed by atoms with van der Waals surface area (Å²) in [5, 5.41) is 17.0. The second kappa shape index (κ2) is 19.5. The second-order valence-electron chi connectivity index (χ2n) is 16.9. The summed E-state index contributed by atoms with van der Waals surface area (Å²) in [6, 6.07) is 31.6. The van der Waals surface area contributed by atoms with Gasteiger partial charge in [-0.3, -0.25) is 0 Å². The minimum atomic E-state index is -0.197. The normalized spacial score (nSPS) is 23.1. The van der Waals surface area contributed by atoms with Crippen molar-refractivity contribution in [2.75, 3.05) is 52.4 Å². The van der Waals surface area contributed by atoms with Gasteiger partial charge in [0, 0.05) is 68.0 Å². The molecule has 0 spiro atoms. The monoisotopic (exact) mass is 768 g/mol. The van der Waals surface area contributed by atoms with E-state index in [0.29, 0.717) is 12.3 Å². The Balaban J connectivity index is 0.000000215. The fourth-order valence-corrected chi connectivity index (χ4v) is 8.80. The van der Waals surface area contributed by atoms with Gasteiger partial charge in [-0.05, 0) is 126 Å². The average Bonchev–Trinajstić information content (AvgIpc) is 3.19. The lowest BCUT2D eigenvalue weighted by Crippen LogP contribution is -2.46. The topological polar surface area (TPSA) is 75.2 Å². The molecule has 4 aromatic carbocycles. The number of methoxy groups -OCH3 is 1. The zero-order chi connectivity index (χ0) is 40.2. The fourth-order valence-electron chi connectivity index (χ4n) is 8.80. The Morgan fingerprint density at radius 3 is 2.04 bits per heavy atom. The van der Waals surface area contributed by atoms with Crippen LogP contribution in [-0.4, -0.2) is 63.8 Å². The van der Waals surface area contributed by atoms with Gasteiger partial charge in [-0.1, -0.05) is 67.6 Å². The number of para-hydroxylation sites is 2. The number of phenols is 1. The summed E-state index contributed by atoms with van der Waals surface area (Å²) in [5.74, 6) is 1.12. The van der Waals surface area contributed by atoms with E-state index in [0.717, 1.165) is 89.1 Å². The molecule has 0 amide bonds. The first-order valence-electron chi connectivity index (χ1n) is 20.4. The Labute approximate surface area is 336 Å². The van der Waals surface area contributed by atoms with E-state index in [4.69, 9.17) is 14.2 Å². The van der Waals surface area contributed by atoms with Crippen LogP contribution in [0, 0.1) is 5.82 Å². The number of hydrogen-bond donors (Lipinski definition) is 3. The maximum absolute atomic E-state index is 13.5. The molecule has 0 aromatic heterocycles. The molecule has 0 saturated carbocycles. The van der Waals surface area contributed by atoms with Gasteiger partial charge in [-0.2, -0.15) is 0 Å². The SMILES string of the molecule is CCC1(C)CC(CCNCc2ccccc2O)(c2ccc(F)cc2)CCO1.COc1ccccc1C1(CCNCc2ccc(N(C)C)cc2)CCOC(C)(C)C1. The van der Waals surface area contributed by atoms with Gasteiger partial charge in [0.15, 0.2) is 0 Å². The number of rotatable bonds is 15. The molecule has 7 nitrogen and oxygen atoms in total. The molecule has 4 aromatic rings. The molecule has 8 heteroatoms. The summed E-state index contributed by atoms with van der Waals surface area (Å²) < 4.78 is 31.3. The van der Waals surface area contributed by atoms with E-state index in [2.05, 4.69) is 106 Å². The highest BCUT2D eigenvalue weighted by Gasteiger charge is 2.44. The van der Waals surface area contributed by atoms with Crippen LogP contribution in [0.25, 0.3) is 0 Å². The van der Waals surface area contributed by atoms with Crippen molar-refractivity contribution in [1.29, 1.82) is 0 Å². The number of nitrogens with one attached hydrogen (secondary N) is 2. The number of aromatic hydroxyl groups is 1. The number of phenolic OH excluding ortho intramolecular Hbond substituents is 1. The molecule has 3 N–H and O–H groups in total. The molecule has 6 rings (SSSR count). The lowest BCUT2D eigenvalue weighted by Gasteiger charge is -2.47. The number of halogens is 1. The molecule has 56 heavy (non-hydrogen) atoms. The predicted molar refractivity (Wildman–Crippen MR) is 227 cm³/mol. The number of benzene rings is 4. The molecule has 2 heterocycles. The van der Waals surface area contributed by atoms with Gasteiger partial charge < -0.3 is 34.9 Å². The fraction of sp³-hybridized carbons (Fsp3) is 0.500. The summed E-state index contributed by atoms with van der Waals surface area (Å²) in [4.78, 5) is 2.13. The molecule has 2 fully saturated rings. The molecule has 2 saturated heterocycles.